The maximum atomic E-state index is 13.8. The molecule has 1 amide bonds. The van der Waals surface area contributed by atoms with Crippen LogP contribution in [0.15, 0.2) is 191 Å². The zero-order chi connectivity index (χ0) is 59.2. The fraction of sp³-hybridized carbons (Fsp3) is 0.237. The van der Waals surface area contributed by atoms with Gasteiger partial charge in [0.15, 0.2) is 0 Å². The fourth-order valence-corrected chi connectivity index (χ4v) is 13.1. The molecule has 2 aromatic heterocycles. The van der Waals surface area contributed by atoms with Gasteiger partial charge in [-0.2, -0.15) is 4.98 Å². The first kappa shape index (κ1) is 60.2. The molecule has 2 saturated heterocycles. The number of methoxy groups -OCH3 is 2. The maximum Gasteiger partial charge on any atom is 0.527 e. The van der Waals surface area contributed by atoms with Crippen LogP contribution in [-0.4, -0.2) is 84.1 Å². The lowest BCUT2D eigenvalue weighted by Gasteiger charge is -2.43. The average molecular weight is 1210 g/mol. The molecule has 2 fully saturated rings. The van der Waals surface area contributed by atoms with Crippen molar-refractivity contribution in [3.05, 3.63) is 245 Å². The zero-order valence-corrected chi connectivity index (χ0v) is 48.3. The van der Waals surface area contributed by atoms with Crippen molar-refractivity contribution in [2.45, 2.75) is 74.3 Å². The van der Waals surface area contributed by atoms with E-state index in [1.807, 2.05) is 54.6 Å². The number of carbonyl (C=O) groups excluding carboxylic acids is 1. The number of nitrogens with one attached hydrogen (secondary N) is 2. The Labute approximate surface area is 486 Å². The SMILES string of the molecule is COc1ccc(C(c2ccccc2)(c2ccc(OC)cc2)C(O)[C@H]2O[C@@H](n3ccc(NC(=O)c4ccccc4)nc3=O)C[C@@H]2OP(=O)(O)Oc2ccc(Cl)cc2)cc1.Cc1cn([C@H]2C[C@@](O)([PH](=O)c3ccc(Cl)cc3)[C@@H](C)O2)c(=O)[nH]c1=O. The van der Waals surface area contributed by atoms with E-state index in [0.29, 0.717) is 54.7 Å². The van der Waals surface area contributed by atoms with Crippen LogP contribution < -0.4 is 41.6 Å². The molecular weight excluding hydrogens is 1150 g/mol. The Balaban J connectivity index is 0.000000275. The molecule has 8 aromatic rings. The third-order valence-electron chi connectivity index (χ3n) is 14.4. The third-order valence-corrected chi connectivity index (χ3v) is 18.1. The van der Waals surface area contributed by atoms with Gasteiger partial charge < -0.3 is 43.6 Å². The molecule has 20 nitrogen and oxygen atoms in total. The van der Waals surface area contributed by atoms with E-state index in [4.69, 9.17) is 51.2 Å². The van der Waals surface area contributed by atoms with Crippen LogP contribution in [0.4, 0.5) is 5.82 Å². The summed E-state index contributed by atoms with van der Waals surface area (Å²) in [5, 5.41) is 26.5. The Bertz CT molecular complexity index is 3780. The number of aromatic amines is 1. The van der Waals surface area contributed by atoms with E-state index in [0.717, 1.165) is 4.57 Å². The van der Waals surface area contributed by atoms with Crippen LogP contribution in [-0.2, 0) is 28.5 Å². The van der Waals surface area contributed by atoms with Crippen molar-refractivity contribution < 1.29 is 57.0 Å². The van der Waals surface area contributed by atoms with Crippen molar-refractivity contribution in [1.29, 1.82) is 0 Å². The Morgan fingerprint density at radius 1 is 0.783 bits per heavy atom. The van der Waals surface area contributed by atoms with Crippen LogP contribution in [0.25, 0.3) is 0 Å². The van der Waals surface area contributed by atoms with Crippen LogP contribution in [0, 0.1) is 6.92 Å². The highest BCUT2D eigenvalue weighted by Crippen LogP contribution is 2.53. The molecule has 4 heterocycles. The van der Waals surface area contributed by atoms with Gasteiger partial charge in [-0.25, -0.2) is 14.2 Å². The quantitative estimate of drug-likeness (QED) is 0.0421. The van der Waals surface area contributed by atoms with Gasteiger partial charge in [0.05, 0.1) is 25.7 Å². The molecule has 10 rings (SSSR count). The van der Waals surface area contributed by atoms with Gasteiger partial charge in [0, 0.05) is 51.7 Å². The molecule has 3 unspecified atom stereocenters. The molecule has 9 atom stereocenters. The summed E-state index contributed by atoms with van der Waals surface area (Å²) in [5.74, 6) is 0.684. The number of rotatable bonds is 17. The monoisotopic (exact) mass is 1210 g/mol. The van der Waals surface area contributed by atoms with E-state index in [9.17, 15) is 43.4 Å². The van der Waals surface area contributed by atoms with Crippen LogP contribution in [0.3, 0.4) is 0 Å². The Morgan fingerprint density at radius 3 is 1.89 bits per heavy atom. The Morgan fingerprint density at radius 2 is 1.33 bits per heavy atom. The smallest absolute Gasteiger partial charge is 0.497 e. The number of aromatic nitrogens is 4. The molecule has 0 spiro atoms. The molecule has 6 aromatic carbocycles. The molecule has 2 aliphatic heterocycles. The van der Waals surface area contributed by atoms with E-state index in [-0.39, 0.29) is 24.4 Å². The van der Waals surface area contributed by atoms with Crippen molar-refractivity contribution in [2.24, 2.45) is 0 Å². The minimum absolute atomic E-state index is 0.00388. The number of halogens is 2. The van der Waals surface area contributed by atoms with Gasteiger partial charge in [-0.05, 0) is 109 Å². The molecule has 0 saturated carbocycles. The summed E-state index contributed by atoms with van der Waals surface area (Å²) in [4.78, 5) is 67.4. The zero-order valence-electron chi connectivity index (χ0n) is 44.9. The average Bonchev–Trinajstić information content (AvgIpc) is 4.22. The highest BCUT2D eigenvalue weighted by atomic mass is 35.5. The summed E-state index contributed by atoms with van der Waals surface area (Å²) in [5.41, 5.74) is -0.757. The number of amides is 1. The first-order valence-corrected chi connectivity index (χ1v) is 29.5. The number of anilines is 1. The fourth-order valence-electron chi connectivity index (χ4n) is 10.1. The lowest BCUT2D eigenvalue weighted by molar-refractivity contribution is -0.0961. The van der Waals surface area contributed by atoms with Gasteiger partial charge in [0.25, 0.3) is 11.5 Å². The van der Waals surface area contributed by atoms with Crippen LogP contribution in [0.2, 0.25) is 10.0 Å². The van der Waals surface area contributed by atoms with Crippen LogP contribution in [0.1, 0.15) is 64.8 Å². The summed E-state index contributed by atoms with van der Waals surface area (Å²) in [6.45, 7) is 3.18. The van der Waals surface area contributed by atoms with E-state index in [1.54, 1.807) is 107 Å². The first-order chi connectivity index (χ1) is 39.7. The molecule has 0 aliphatic carbocycles. The highest BCUT2D eigenvalue weighted by molar-refractivity contribution is 7.55. The highest BCUT2D eigenvalue weighted by Gasteiger charge is 2.55. The number of aliphatic hydroxyl groups excluding tert-OH is 1. The number of carbonyl (C=O) groups is 1. The number of ether oxygens (including phenoxy) is 4. The predicted molar refractivity (Wildman–Crippen MR) is 312 cm³/mol. The molecular formula is C59H57Cl2N5O15P2. The molecule has 24 heteroatoms. The van der Waals surface area contributed by atoms with E-state index < -0.39 is 86.1 Å². The van der Waals surface area contributed by atoms with Crippen molar-refractivity contribution in [2.75, 3.05) is 19.5 Å². The van der Waals surface area contributed by atoms with E-state index in [1.165, 1.54) is 47.3 Å². The molecule has 0 radical (unpaired) electrons. The van der Waals surface area contributed by atoms with Crippen LogP contribution in [0.5, 0.6) is 17.2 Å². The number of phosphoric ester groups is 1. The number of hydrogen-bond donors (Lipinski definition) is 5. The van der Waals surface area contributed by atoms with E-state index in [2.05, 4.69) is 15.3 Å². The number of nitrogens with zero attached hydrogens (tertiary/aromatic N) is 3. The Hall–Kier alpha value is -7.45. The summed E-state index contributed by atoms with van der Waals surface area (Å²) < 4.78 is 63.6. The van der Waals surface area contributed by atoms with E-state index >= 15 is 0 Å². The topological polar surface area (TPSA) is 269 Å². The van der Waals surface area contributed by atoms with Crippen molar-refractivity contribution in [3.8, 4) is 17.2 Å². The first-order valence-electron chi connectivity index (χ1n) is 25.8. The van der Waals surface area contributed by atoms with Gasteiger partial charge in [0.2, 0.25) is 0 Å². The lowest BCUT2D eigenvalue weighted by Crippen LogP contribution is -2.52. The van der Waals surface area contributed by atoms with Crippen molar-refractivity contribution in [3.63, 3.8) is 0 Å². The summed E-state index contributed by atoms with van der Waals surface area (Å²) in [7, 11) is -4.49. The second-order valence-corrected chi connectivity index (χ2v) is 23.8. The number of H-pyrrole nitrogens is 1. The number of benzene rings is 6. The number of hydrogen-bond acceptors (Lipinski definition) is 15. The third kappa shape index (κ3) is 13.2. The second-order valence-electron chi connectivity index (χ2n) is 19.5. The molecule has 432 valence electrons. The molecule has 0 bridgehead atoms. The van der Waals surface area contributed by atoms with Gasteiger partial charge in [-0.3, -0.25) is 33.1 Å². The Kier molecular flexibility index (Phi) is 18.5. The van der Waals surface area contributed by atoms with Crippen LogP contribution >= 0.6 is 38.8 Å². The molecule has 83 heavy (non-hydrogen) atoms. The largest absolute Gasteiger partial charge is 0.527 e. The second kappa shape index (κ2) is 25.6. The van der Waals surface area contributed by atoms with Gasteiger partial charge in [-0.15, -0.1) is 0 Å². The minimum atomic E-state index is -4.95. The number of phosphoric acid groups is 1. The summed E-state index contributed by atoms with van der Waals surface area (Å²) in [6, 6.07) is 45.7. The molecule has 2 aliphatic rings. The number of aliphatic hydroxyl groups is 2. The van der Waals surface area contributed by atoms with Crippen molar-refractivity contribution >= 4 is 55.9 Å². The lowest BCUT2D eigenvalue weighted by atomic mass is 9.64. The summed E-state index contributed by atoms with van der Waals surface area (Å²) >= 11 is 11.9. The summed E-state index contributed by atoms with van der Waals surface area (Å²) in [6.07, 6.45) is -4.53. The molecule has 5 N–H and O–H groups in total. The number of aryl methyl sites for hydroxylation is 1. The van der Waals surface area contributed by atoms with Gasteiger partial charge in [-0.1, -0.05) is 108 Å². The van der Waals surface area contributed by atoms with Gasteiger partial charge >= 0.3 is 19.2 Å². The normalized spacial score (nSPS) is 20.9. The maximum absolute atomic E-state index is 13.8. The van der Waals surface area contributed by atoms with Crippen molar-refractivity contribution in [1.82, 2.24) is 19.1 Å². The standard InChI is InChI=1S/C43H39ClN3O10P.C16H18ClN2O5P/c1-53-33-19-13-30(14-20-33)43(29-11-7-4-8-12-29,31-15-21-34(54-2)22-16-31)40(48)39-36(57-58(51,52)56-35-23-17-32(44)18-24-35)27-38(55-39)47-26-25-37(46-42(47)50)45-41(49)28-9-5-3-6-10-28;1-9-8-19(15(21)18-14(9)20)13-7-16(22,10(2)24-13)25(23)12-5-3-11(17)4-6-12/h3-26,36,38-40,48H,27H2,1-2H3,(H,51,52)(H,45,46,49,50);3-6,8,10,13,22,25H,7H2,1-2H3,(H,18,20,21)/t36-,38+,39-,40?;10-,13-,16-/m01/s1. The van der Waals surface area contributed by atoms with Gasteiger partial charge in [0.1, 0.15) is 67.0 Å². The minimum Gasteiger partial charge on any atom is -0.497 e. The predicted octanol–water partition coefficient (Wildman–Crippen LogP) is 8.79.